The molecule has 4 rings (SSSR count). The summed E-state index contributed by atoms with van der Waals surface area (Å²) in [5, 5.41) is 13.5. The van der Waals surface area contributed by atoms with E-state index in [0.29, 0.717) is 30.3 Å². The summed E-state index contributed by atoms with van der Waals surface area (Å²) in [6.07, 6.45) is 1.48. The molecule has 0 fully saturated rings. The number of sulfone groups is 1. The highest BCUT2D eigenvalue weighted by Gasteiger charge is 2.39. The van der Waals surface area contributed by atoms with Gasteiger partial charge < -0.3 is 14.2 Å². The van der Waals surface area contributed by atoms with E-state index < -0.39 is 15.7 Å². The van der Waals surface area contributed by atoms with Crippen molar-refractivity contribution in [3.8, 4) is 17.2 Å². The molecule has 10 nitrogen and oxygen atoms in total. The Bertz CT molecular complexity index is 1420. The van der Waals surface area contributed by atoms with Gasteiger partial charge in [0.2, 0.25) is 19.4 Å². The molecule has 188 valence electrons. The number of methoxy groups -OCH3 is 1. The highest BCUT2D eigenvalue weighted by Crippen LogP contribution is 2.32. The molecule has 12 heteroatoms. The lowest BCUT2D eigenvalue weighted by Gasteiger charge is -2.20. The molecular formula is C24H24N4O6S2. The van der Waals surface area contributed by atoms with Crippen molar-refractivity contribution in [3.05, 3.63) is 59.2 Å². The molecule has 0 spiro atoms. The van der Waals surface area contributed by atoms with Gasteiger partial charge in [-0.15, -0.1) is 5.10 Å². The van der Waals surface area contributed by atoms with Gasteiger partial charge in [0.25, 0.3) is 5.91 Å². The Labute approximate surface area is 213 Å². The first-order valence-electron chi connectivity index (χ1n) is 10.9. The minimum absolute atomic E-state index is 0.0273. The smallest absolute Gasteiger partial charge is 0.283 e. The van der Waals surface area contributed by atoms with Crippen molar-refractivity contribution in [2.24, 2.45) is 10.1 Å². The first kappa shape index (κ1) is 25.5. The zero-order chi connectivity index (χ0) is 25.9. The minimum atomic E-state index is -3.59. The van der Waals surface area contributed by atoms with Gasteiger partial charge in [-0.3, -0.25) is 10.2 Å². The van der Waals surface area contributed by atoms with Crippen molar-refractivity contribution in [1.29, 1.82) is 5.41 Å². The fraction of sp³-hybridized carbons (Fsp3) is 0.250. The zero-order valence-corrected chi connectivity index (χ0v) is 21.5. The van der Waals surface area contributed by atoms with Crippen molar-refractivity contribution < 1.29 is 27.4 Å². The molecule has 2 heterocycles. The van der Waals surface area contributed by atoms with Crippen LogP contribution >= 0.6 is 11.8 Å². The summed E-state index contributed by atoms with van der Waals surface area (Å²) in [6, 6.07) is 12.8. The first-order chi connectivity index (χ1) is 17.2. The van der Waals surface area contributed by atoms with Crippen LogP contribution in [0.1, 0.15) is 18.1 Å². The Kier molecular flexibility index (Phi) is 7.45. The molecule has 1 amide bonds. The highest BCUT2D eigenvalue weighted by molar-refractivity contribution is 8.42. The van der Waals surface area contributed by atoms with Crippen LogP contribution in [0.5, 0.6) is 17.2 Å². The van der Waals surface area contributed by atoms with E-state index in [9.17, 15) is 13.2 Å². The van der Waals surface area contributed by atoms with E-state index in [1.807, 2.05) is 31.2 Å². The van der Waals surface area contributed by atoms with E-state index in [0.717, 1.165) is 28.1 Å². The Morgan fingerprint density at radius 2 is 1.89 bits per heavy atom. The number of amides is 1. The maximum Gasteiger partial charge on any atom is 0.283 e. The topological polar surface area (TPSA) is 131 Å². The molecule has 0 bridgehead atoms. The van der Waals surface area contributed by atoms with E-state index in [4.69, 9.17) is 19.6 Å². The fourth-order valence-corrected chi connectivity index (χ4v) is 5.46. The number of aryl methyl sites for hydroxylation is 1. The number of hydrazone groups is 1. The number of fused-ring (bicyclic) bond motifs is 1. The molecule has 2 aliphatic heterocycles. The molecule has 2 aromatic carbocycles. The largest absolute Gasteiger partial charge is 0.493 e. The van der Waals surface area contributed by atoms with Gasteiger partial charge in [0.15, 0.2) is 17.3 Å². The molecule has 0 aromatic heterocycles. The van der Waals surface area contributed by atoms with Crippen LogP contribution in [0.25, 0.3) is 6.08 Å². The Balaban J connectivity index is 1.47. The number of nitrogens with one attached hydrogen (secondary N) is 1. The van der Waals surface area contributed by atoms with Crippen LogP contribution in [0.3, 0.4) is 0 Å². The van der Waals surface area contributed by atoms with Gasteiger partial charge in [0.05, 0.1) is 18.4 Å². The monoisotopic (exact) mass is 528 g/mol. The molecule has 0 saturated heterocycles. The standard InChI is InChI=1S/C24H24N4O6S2/c1-4-36(30,31)24-27-28-21(25)18(22(29)26-23(28)35-24)13-16-8-9-19(20(14-16)32-3)34-11-10-33-17-7-5-6-15(2)12-17/h5-9,12-14,25H,4,10-11H2,1-3H3/b18-13+,25-21?. The number of nitrogens with zero attached hydrogens (tertiary/aromatic N) is 3. The SMILES string of the molecule is CCS(=O)(=O)C1=NN2C(=N)/C(=C\c3ccc(OCCOc4cccc(C)c4)c(OC)c3)C(=O)N=C2S1. The first-order valence-corrected chi connectivity index (χ1v) is 13.4. The lowest BCUT2D eigenvalue weighted by atomic mass is 10.1. The maximum atomic E-state index is 12.6. The Hall–Kier alpha value is -3.64. The summed E-state index contributed by atoms with van der Waals surface area (Å²) < 4.78 is 41.0. The predicted octanol–water partition coefficient (Wildman–Crippen LogP) is 3.47. The van der Waals surface area contributed by atoms with E-state index in [1.54, 1.807) is 18.2 Å². The summed E-state index contributed by atoms with van der Waals surface area (Å²) in [5.41, 5.74) is 1.65. The van der Waals surface area contributed by atoms with Crippen molar-refractivity contribution in [3.63, 3.8) is 0 Å². The van der Waals surface area contributed by atoms with Crippen LogP contribution in [0.4, 0.5) is 0 Å². The quantitative estimate of drug-likeness (QED) is 0.407. The van der Waals surface area contributed by atoms with Crippen LogP contribution < -0.4 is 14.2 Å². The van der Waals surface area contributed by atoms with Gasteiger partial charge in [-0.1, -0.05) is 25.1 Å². The number of hydrogen-bond donors (Lipinski definition) is 1. The lowest BCUT2D eigenvalue weighted by Crippen LogP contribution is -2.35. The van der Waals surface area contributed by atoms with Crippen molar-refractivity contribution >= 4 is 49.0 Å². The van der Waals surface area contributed by atoms with Crippen LogP contribution in [0, 0.1) is 12.3 Å². The predicted molar refractivity (Wildman–Crippen MR) is 140 cm³/mol. The molecule has 0 saturated carbocycles. The van der Waals surface area contributed by atoms with Crippen molar-refractivity contribution in [2.45, 2.75) is 13.8 Å². The molecule has 0 atom stereocenters. The molecule has 2 aliphatic rings. The lowest BCUT2D eigenvalue weighted by molar-refractivity contribution is -0.114. The van der Waals surface area contributed by atoms with Crippen LogP contribution in [-0.4, -0.2) is 60.8 Å². The second-order valence-corrected chi connectivity index (χ2v) is 11.1. The molecule has 1 N–H and O–H groups in total. The number of aliphatic imine (C=N–C) groups is 1. The van der Waals surface area contributed by atoms with E-state index in [1.165, 1.54) is 20.1 Å². The average molecular weight is 529 g/mol. The second kappa shape index (κ2) is 10.5. The normalized spacial score (nSPS) is 16.5. The maximum absolute atomic E-state index is 12.6. The molecule has 0 aliphatic carbocycles. The Morgan fingerprint density at radius 1 is 1.11 bits per heavy atom. The van der Waals surface area contributed by atoms with E-state index in [-0.39, 0.29) is 26.7 Å². The van der Waals surface area contributed by atoms with Crippen molar-refractivity contribution in [1.82, 2.24) is 5.01 Å². The number of benzene rings is 2. The van der Waals surface area contributed by atoms with Crippen LogP contribution in [0.15, 0.2) is 58.1 Å². The number of hydrogen-bond acceptors (Lipinski definition) is 9. The minimum Gasteiger partial charge on any atom is -0.493 e. The highest BCUT2D eigenvalue weighted by atomic mass is 32.3. The van der Waals surface area contributed by atoms with Gasteiger partial charge >= 0.3 is 0 Å². The van der Waals surface area contributed by atoms with Gasteiger partial charge in [0, 0.05) is 0 Å². The van der Waals surface area contributed by atoms with Gasteiger partial charge in [-0.2, -0.15) is 10.0 Å². The van der Waals surface area contributed by atoms with E-state index in [2.05, 4.69) is 10.1 Å². The summed E-state index contributed by atoms with van der Waals surface area (Å²) in [5.74, 6) is 0.634. The number of amidine groups is 2. The number of ether oxygens (including phenoxy) is 3. The molecule has 2 aromatic rings. The number of rotatable bonds is 8. The van der Waals surface area contributed by atoms with Gasteiger partial charge in [-0.25, -0.2) is 8.42 Å². The molecule has 0 radical (unpaired) electrons. The third-order valence-corrected chi connectivity index (χ3v) is 8.27. The zero-order valence-electron chi connectivity index (χ0n) is 19.8. The molecular weight excluding hydrogens is 504 g/mol. The van der Waals surface area contributed by atoms with Crippen molar-refractivity contribution in [2.75, 3.05) is 26.1 Å². The molecule has 36 heavy (non-hydrogen) atoms. The van der Waals surface area contributed by atoms with Gasteiger partial charge in [-0.05, 0) is 60.2 Å². The second-order valence-electron chi connectivity index (χ2n) is 7.71. The number of thioether (sulfide) groups is 1. The summed E-state index contributed by atoms with van der Waals surface area (Å²) in [6.45, 7) is 4.12. The fourth-order valence-electron chi connectivity index (χ4n) is 3.30. The average Bonchev–Trinajstić information content (AvgIpc) is 3.30. The van der Waals surface area contributed by atoms with Crippen LogP contribution in [0.2, 0.25) is 0 Å². The van der Waals surface area contributed by atoms with Gasteiger partial charge in [0.1, 0.15) is 19.0 Å². The Morgan fingerprint density at radius 3 is 2.61 bits per heavy atom. The molecule has 0 unspecified atom stereocenters. The summed E-state index contributed by atoms with van der Waals surface area (Å²) in [4.78, 5) is 16.5. The van der Waals surface area contributed by atoms with E-state index >= 15 is 0 Å². The van der Waals surface area contributed by atoms with Crippen LogP contribution in [-0.2, 0) is 14.6 Å². The number of carbonyl (C=O) groups is 1. The third-order valence-electron chi connectivity index (χ3n) is 5.18. The summed E-state index contributed by atoms with van der Waals surface area (Å²) >= 11 is 0.761. The summed E-state index contributed by atoms with van der Waals surface area (Å²) in [7, 11) is -2.09. The third kappa shape index (κ3) is 5.44. The number of carbonyl (C=O) groups excluding carboxylic acids is 1.